The summed E-state index contributed by atoms with van der Waals surface area (Å²) in [6.45, 7) is 4.83. The SMILES string of the molecule is CC(C)[C@@](C)(C#N)NC(=O)COC(=O)c1ccc(Cl)s1. The Morgan fingerprint density at radius 1 is 1.55 bits per heavy atom. The molecule has 0 spiro atoms. The lowest BCUT2D eigenvalue weighted by Crippen LogP contribution is -2.50. The van der Waals surface area contributed by atoms with Gasteiger partial charge in [-0.1, -0.05) is 25.4 Å². The summed E-state index contributed by atoms with van der Waals surface area (Å²) in [7, 11) is 0. The van der Waals surface area contributed by atoms with Crippen molar-refractivity contribution in [1.29, 1.82) is 5.26 Å². The number of esters is 1. The fraction of sp³-hybridized carbons (Fsp3) is 0.462. The Balaban J connectivity index is 2.52. The number of carbonyl (C=O) groups is 2. The zero-order valence-corrected chi connectivity index (χ0v) is 13.0. The Morgan fingerprint density at radius 2 is 2.20 bits per heavy atom. The number of rotatable bonds is 5. The van der Waals surface area contributed by atoms with Gasteiger partial charge in [0.2, 0.25) is 0 Å². The predicted molar refractivity (Wildman–Crippen MR) is 76.6 cm³/mol. The lowest BCUT2D eigenvalue weighted by molar-refractivity contribution is -0.125. The van der Waals surface area contributed by atoms with Gasteiger partial charge < -0.3 is 10.1 Å². The van der Waals surface area contributed by atoms with Crippen molar-refractivity contribution in [2.75, 3.05) is 6.61 Å². The Kier molecular flexibility index (Phi) is 5.54. The summed E-state index contributed by atoms with van der Waals surface area (Å²) >= 11 is 6.78. The lowest BCUT2D eigenvalue weighted by Gasteiger charge is -2.27. The standard InChI is InChI=1S/C13H15ClN2O3S/c1-8(2)13(3,7-15)16-11(17)6-19-12(18)9-4-5-10(14)20-9/h4-5,8H,6H2,1-3H3,(H,16,17)/t13-/m1/s1. The average Bonchev–Trinajstić information content (AvgIpc) is 2.82. The van der Waals surface area contributed by atoms with Crippen molar-refractivity contribution < 1.29 is 14.3 Å². The summed E-state index contributed by atoms with van der Waals surface area (Å²) < 4.78 is 5.34. The molecule has 5 nitrogen and oxygen atoms in total. The van der Waals surface area contributed by atoms with Crippen LogP contribution in [0, 0.1) is 17.2 Å². The fourth-order valence-electron chi connectivity index (χ4n) is 1.25. The van der Waals surface area contributed by atoms with Gasteiger partial charge in [-0.25, -0.2) is 4.79 Å². The van der Waals surface area contributed by atoms with Crippen molar-refractivity contribution in [3.8, 4) is 6.07 Å². The number of halogens is 1. The molecule has 0 aliphatic carbocycles. The van der Waals surface area contributed by atoms with Gasteiger partial charge in [-0.15, -0.1) is 11.3 Å². The van der Waals surface area contributed by atoms with Crippen molar-refractivity contribution >= 4 is 34.8 Å². The van der Waals surface area contributed by atoms with Crippen LogP contribution in [0.5, 0.6) is 0 Å². The van der Waals surface area contributed by atoms with Crippen molar-refractivity contribution in [3.63, 3.8) is 0 Å². The van der Waals surface area contributed by atoms with Crippen LogP contribution in [0.15, 0.2) is 12.1 Å². The van der Waals surface area contributed by atoms with Gasteiger partial charge in [0.05, 0.1) is 10.4 Å². The highest BCUT2D eigenvalue weighted by Crippen LogP contribution is 2.22. The maximum atomic E-state index is 11.7. The summed E-state index contributed by atoms with van der Waals surface area (Å²) in [5.74, 6) is -1.19. The van der Waals surface area contributed by atoms with Gasteiger partial charge in [0.15, 0.2) is 6.61 Å². The van der Waals surface area contributed by atoms with E-state index in [2.05, 4.69) is 5.32 Å². The van der Waals surface area contributed by atoms with E-state index in [4.69, 9.17) is 21.6 Å². The topological polar surface area (TPSA) is 79.2 Å². The third-order valence-electron chi connectivity index (χ3n) is 2.89. The number of hydrogen-bond acceptors (Lipinski definition) is 5. The van der Waals surface area contributed by atoms with Gasteiger partial charge in [0, 0.05) is 0 Å². The van der Waals surface area contributed by atoms with Gasteiger partial charge in [-0.3, -0.25) is 4.79 Å². The van der Waals surface area contributed by atoms with Crippen LogP contribution in [0.3, 0.4) is 0 Å². The molecule has 0 aromatic carbocycles. The Hall–Kier alpha value is -1.58. The number of ether oxygens (including phenoxy) is 1. The molecule has 0 fully saturated rings. The zero-order chi connectivity index (χ0) is 15.3. The molecular formula is C13H15ClN2O3S. The van der Waals surface area contributed by atoms with Gasteiger partial charge in [-0.2, -0.15) is 5.26 Å². The first-order valence-electron chi connectivity index (χ1n) is 5.93. The number of carbonyl (C=O) groups excluding carboxylic acids is 2. The Labute approximate surface area is 126 Å². The number of nitriles is 1. The highest BCUT2D eigenvalue weighted by atomic mass is 35.5. The summed E-state index contributed by atoms with van der Waals surface area (Å²) in [5, 5.41) is 11.6. The van der Waals surface area contributed by atoms with Gasteiger partial charge >= 0.3 is 5.97 Å². The molecular weight excluding hydrogens is 300 g/mol. The van der Waals surface area contributed by atoms with Crippen molar-refractivity contribution in [3.05, 3.63) is 21.3 Å². The molecule has 1 rings (SSSR count). The van der Waals surface area contributed by atoms with Crippen molar-refractivity contribution in [2.24, 2.45) is 5.92 Å². The van der Waals surface area contributed by atoms with E-state index < -0.39 is 24.0 Å². The average molecular weight is 315 g/mol. The molecule has 108 valence electrons. The van der Waals surface area contributed by atoms with E-state index in [0.29, 0.717) is 9.21 Å². The Bertz CT molecular complexity index is 550. The third kappa shape index (κ3) is 4.22. The number of nitrogens with one attached hydrogen (secondary N) is 1. The molecule has 0 unspecified atom stereocenters. The second-order valence-electron chi connectivity index (χ2n) is 4.70. The molecule has 1 aromatic heterocycles. The minimum atomic E-state index is -0.990. The summed E-state index contributed by atoms with van der Waals surface area (Å²) in [6, 6.07) is 5.15. The predicted octanol–water partition coefficient (Wildman–Crippen LogP) is 2.61. The molecule has 0 saturated heterocycles. The van der Waals surface area contributed by atoms with Crippen LogP contribution in [-0.4, -0.2) is 24.0 Å². The fourth-order valence-corrected chi connectivity index (χ4v) is 2.19. The number of thiophene rings is 1. The molecule has 7 heteroatoms. The molecule has 1 atom stereocenters. The van der Waals surface area contributed by atoms with Crippen LogP contribution in [0.1, 0.15) is 30.4 Å². The smallest absolute Gasteiger partial charge is 0.348 e. The maximum Gasteiger partial charge on any atom is 0.348 e. The van der Waals surface area contributed by atoms with Crippen LogP contribution in [-0.2, 0) is 9.53 Å². The maximum absolute atomic E-state index is 11.7. The van der Waals surface area contributed by atoms with E-state index in [1.165, 1.54) is 6.07 Å². The van der Waals surface area contributed by atoms with Crippen molar-refractivity contribution in [1.82, 2.24) is 5.32 Å². The largest absolute Gasteiger partial charge is 0.451 e. The summed E-state index contributed by atoms with van der Waals surface area (Å²) in [5.41, 5.74) is -0.990. The summed E-state index contributed by atoms with van der Waals surface area (Å²) in [4.78, 5) is 23.6. The van der Waals surface area contributed by atoms with Gasteiger partial charge in [0.1, 0.15) is 10.4 Å². The number of amides is 1. The number of hydrogen-bond donors (Lipinski definition) is 1. The van der Waals surface area contributed by atoms with E-state index in [0.717, 1.165) is 11.3 Å². The molecule has 0 bridgehead atoms. The van der Waals surface area contributed by atoms with E-state index in [1.54, 1.807) is 13.0 Å². The van der Waals surface area contributed by atoms with Crippen LogP contribution < -0.4 is 5.32 Å². The van der Waals surface area contributed by atoms with Crippen LogP contribution in [0.2, 0.25) is 4.34 Å². The molecule has 1 amide bonds. The molecule has 20 heavy (non-hydrogen) atoms. The minimum absolute atomic E-state index is 0.0664. The van der Waals surface area contributed by atoms with E-state index in [-0.39, 0.29) is 5.92 Å². The minimum Gasteiger partial charge on any atom is -0.451 e. The Morgan fingerprint density at radius 3 is 2.65 bits per heavy atom. The second kappa shape index (κ2) is 6.73. The molecule has 1 aromatic rings. The van der Waals surface area contributed by atoms with E-state index in [1.807, 2.05) is 19.9 Å². The zero-order valence-electron chi connectivity index (χ0n) is 11.4. The van der Waals surface area contributed by atoms with Gasteiger partial charge in [-0.05, 0) is 25.0 Å². The molecule has 0 aliphatic rings. The first-order valence-corrected chi connectivity index (χ1v) is 7.12. The lowest BCUT2D eigenvalue weighted by atomic mass is 9.90. The highest BCUT2D eigenvalue weighted by Gasteiger charge is 2.30. The second-order valence-corrected chi connectivity index (χ2v) is 6.41. The molecule has 0 aliphatic heterocycles. The quantitative estimate of drug-likeness (QED) is 0.847. The number of nitrogens with zero attached hydrogens (tertiary/aromatic N) is 1. The monoisotopic (exact) mass is 314 g/mol. The highest BCUT2D eigenvalue weighted by molar-refractivity contribution is 7.17. The van der Waals surface area contributed by atoms with Crippen LogP contribution in [0.25, 0.3) is 0 Å². The van der Waals surface area contributed by atoms with Gasteiger partial charge in [0.25, 0.3) is 5.91 Å². The summed E-state index contributed by atoms with van der Waals surface area (Å²) in [6.07, 6.45) is 0. The molecule has 1 heterocycles. The normalized spacial score (nSPS) is 13.4. The molecule has 0 radical (unpaired) electrons. The molecule has 0 saturated carbocycles. The van der Waals surface area contributed by atoms with Crippen LogP contribution >= 0.6 is 22.9 Å². The third-order valence-corrected chi connectivity index (χ3v) is 4.11. The first kappa shape index (κ1) is 16.5. The molecule has 1 N–H and O–H groups in total. The van der Waals surface area contributed by atoms with Crippen LogP contribution in [0.4, 0.5) is 0 Å². The first-order chi connectivity index (χ1) is 9.28. The van der Waals surface area contributed by atoms with E-state index >= 15 is 0 Å². The van der Waals surface area contributed by atoms with Crippen molar-refractivity contribution in [2.45, 2.75) is 26.3 Å². The van der Waals surface area contributed by atoms with E-state index in [9.17, 15) is 9.59 Å².